The van der Waals surface area contributed by atoms with Crippen LogP contribution in [-0.4, -0.2) is 44.9 Å². The Morgan fingerprint density at radius 1 is 1.33 bits per heavy atom. The summed E-state index contributed by atoms with van der Waals surface area (Å²) in [5, 5.41) is 6.96. The summed E-state index contributed by atoms with van der Waals surface area (Å²) in [5.74, 6) is -0.0984. The van der Waals surface area contributed by atoms with Crippen molar-refractivity contribution < 1.29 is 9.59 Å². The van der Waals surface area contributed by atoms with E-state index in [9.17, 15) is 9.59 Å². The Morgan fingerprint density at radius 2 is 2.12 bits per heavy atom. The van der Waals surface area contributed by atoms with Gasteiger partial charge in [0.2, 0.25) is 5.91 Å². The molecule has 1 fully saturated rings. The molecule has 0 radical (unpaired) electrons. The van der Waals surface area contributed by atoms with E-state index in [4.69, 9.17) is 0 Å². The minimum atomic E-state index is -0.214. The lowest BCUT2D eigenvalue weighted by atomic mass is 9.97. The molecule has 24 heavy (non-hydrogen) atoms. The molecule has 3 rings (SSSR count). The first kappa shape index (κ1) is 16.4. The van der Waals surface area contributed by atoms with Crippen LogP contribution in [0.1, 0.15) is 55.2 Å². The molecule has 2 aromatic rings. The van der Waals surface area contributed by atoms with E-state index in [1.54, 1.807) is 17.8 Å². The predicted octanol–water partition coefficient (Wildman–Crippen LogP) is 1.80. The van der Waals surface area contributed by atoms with Gasteiger partial charge < -0.3 is 10.2 Å². The molecule has 1 aliphatic heterocycles. The molecule has 0 aliphatic carbocycles. The number of likely N-dealkylation sites (tertiary alicyclic amines) is 1. The van der Waals surface area contributed by atoms with Crippen LogP contribution < -0.4 is 5.32 Å². The first-order chi connectivity index (χ1) is 11.5. The fourth-order valence-corrected chi connectivity index (χ4v) is 3.29. The lowest BCUT2D eigenvalue weighted by molar-refractivity contribution is -0.138. The molecule has 1 aliphatic rings. The van der Waals surface area contributed by atoms with Gasteiger partial charge in [-0.05, 0) is 25.3 Å². The number of amides is 2. The molecule has 1 saturated heterocycles. The van der Waals surface area contributed by atoms with Gasteiger partial charge in [0, 0.05) is 25.7 Å². The maximum absolute atomic E-state index is 12.6. The zero-order valence-electron chi connectivity index (χ0n) is 14.3. The van der Waals surface area contributed by atoms with E-state index in [0.29, 0.717) is 11.2 Å². The second-order valence-corrected chi connectivity index (χ2v) is 6.44. The summed E-state index contributed by atoms with van der Waals surface area (Å²) in [6, 6.07) is 1.86. The molecule has 7 heteroatoms. The molecule has 128 valence electrons. The largest absolute Gasteiger partial charge is 0.355 e. The van der Waals surface area contributed by atoms with E-state index in [-0.39, 0.29) is 23.8 Å². The van der Waals surface area contributed by atoms with Gasteiger partial charge in [-0.2, -0.15) is 5.10 Å². The number of nitrogens with one attached hydrogen (secondary N) is 1. The van der Waals surface area contributed by atoms with Crippen molar-refractivity contribution in [3.8, 4) is 0 Å². The van der Waals surface area contributed by atoms with Crippen LogP contribution in [0.2, 0.25) is 0 Å². The highest BCUT2D eigenvalue weighted by molar-refractivity contribution is 5.99. The van der Waals surface area contributed by atoms with Gasteiger partial charge in [0.15, 0.2) is 5.65 Å². The number of piperidine rings is 1. The molecule has 0 bridgehead atoms. The van der Waals surface area contributed by atoms with Crippen molar-refractivity contribution in [2.45, 2.75) is 39.2 Å². The molecular formula is C17H23N5O2. The maximum Gasteiger partial charge on any atom is 0.256 e. The van der Waals surface area contributed by atoms with Gasteiger partial charge in [0.25, 0.3) is 5.91 Å². The molecule has 1 N–H and O–H groups in total. The normalized spacial score (nSPS) is 18.2. The SMILES string of the molecule is CNC(=O)c1cnn2c([C@H]3CCCCN3C(=O)C(C)C)ccnc12. The maximum atomic E-state index is 12.6. The minimum absolute atomic E-state index is 0.0309. The third-order valence-electron chi connectivity index (χ3n) is 4.52. The van der Waals surface area contributed by atoms with Crippen molar-refractivity contribution >= 4 is 17.5 Å². The Balaban J connectivity index is 2.05. The Morgan fingerprint density at radius 3 is 2.83 bits per heavy atom. The minimum Gasteiger partial charge on any atom is -0.355 e. The van der Waals surface area contributed by atoms with Gasteiger partial charge in [-0.1, -0.05) is 13.8 Å². The quantitative estimate of drug-likeness (QED) is 0.931. The average Bonchev–Trinajstić information content (AvgIpc) is 3.04. The van der Waals surface area contributed by atoms with Gasteiger partial charge in [-0.15, -0.1) is 0 Å². The molecule has 7 nitrogen and oxygen atoms in total. The number of aromatic nitrogens is 3. The molecule has 1 atom stereocenters. The zero-order chi connectivity index (χ0) is 17.3. The average molecular weight is 329 g/mol. The van der Waals surface area contributed by atoms with Gasteiger partial charge >= 0.3 is 0 Å². The van der Waals surface area contributed by atoms with Crippen LogP contribution >= 0.6 is 0 Å². The molecule has 3 heterocycles. The van der Waals surface area contributed by atoms with E-state index in [1.807, 2.05) is 24.8 Å². The van der Waals surface area contributed by atoms with Crippen molar-refractivity contribution in [3.05, 3.63) is 29.7 Å². The highest BCUT2D eigenvalue weighted by Gasteiger charge is 2.31. The van der Waals surface area contributed by atoms with Crippen LogP contribution in [-0.2, 0) is 4.79 Å². The van der Waals surface area contributed by atoms with E-state index in [1.165, 1.54) is 6.20 Å². The monoisotopic (exact) mass is 329 g/mol. The highest BCUT2D eigenvalue weighted by atomic mass is 16.2. The molecule has 0 aromatic carbocycles. The number of hydrogen-bond acceptors (Lipinski definition) is 4. The van der Waals surface area contributed by atoms with Gasteiger partial charge in [0.05, 0.1) is 17.9 Å². The van der Waals surface area contributed by atoms with Crippen molar-refractivity contribution in [2.24, 2.45) is 5.92 Å². The fourth-order valence-electron chi connectivity index (χ4n) is 3.29. The third kappa shape index (κ3) is 2.74. The lowest BCUT2D eigenvalue weighted by Gasteiger charge is -2.37. The summed E-state index contributed by atoms with van der Waals surface area (Å²) >= 11 is 0. The van der Waals surface area contributed by atoms with Crippen molar-refractivity contribution in [3.63, 3.8) is 0 Å². The lowest BCUT2D eigenvalue weighted by Crippen LogP contribution is -2.41. The second kappa shape index (κ2) is 6.59. The first-order valence-electron chi connectivity index (χ1n) is 8.39. The van der Waals surface area contributed by atoms with Crippen LogP contribution in [0.25, 0.3) is 5.65 Å². The molecule has 0 unspecified atom stereocenters. The second-order valence-electron chi connectivity index (χ2n) is 6.44. The number of hydrogen-bond donors (Lipinski definition) is 1. The smallest absolute Gasteiger partial charge is 0.256 e. The van der Waals surface area contributed by atoms with Crippen LogP contribution in [0.15, 0.2) is 18.5 Å². The summed E-state index contributed by atoms with van der Waals surface area (Å²) in [7, 11) is 1.58. The Hall–Kier alpha value is -2.44. The zero-order valence-corrected chi connectivity index (χ0v) is 14.3. The van der Waals surface area contributed by atoms with Crippen LogP contribution in [0.3, 0.4) is 0 Å². The van der Waals surface area contributed by atoms with Crippen molar-refractivity contribution in [1.29, 1.82) is 0 Å². The summed E-state index contributed by atoms with van der Waals surface area (Å²) in [4.78, 5) is 30.8. The van der Waals surface area contributed by atoms with Gasteiger partial charge in [0.1, 0.15) is 5.56 Å². The number of rotatable bonds is 3. The number of carbonyl (C=O) groups excluding carboxylic acids is 2. The van der Waals surface area contributed by atoms with E-state index in [2.05, 4.69) is 15.4 Å². The van der Waals surface area contributed by atoms with E-state index in [0.717, 1.165) is 31.5 Å². The molecular weight excluding hydrogens is 306 g/mol. The Bertz CT molecular complexity index is 767. The van der Waals surface area contributed by atoms with Crippen LogP contribution in [0.5, 0.6) is 0 Å². The number of fused-ring (bicyclic) bond motifs is 1. The highest BCUT2D eigenvalue weighted by Crippen LogP contribution is 2.32. The fraction of sp³-hybridized carbons (Fsp3) is 0.529. The summed E-state index contributed by atoms with van der Waals surface area (Å²) in [6.45, 7) is 4.61. The Labute approximate surface area is 141 Å². The molecule has 0 saturated carbocycles. The topological polar surface area (TPSA) is 79.6 Å². The molecule has 2 amide bonds. The summed E-state index contributed by atoms with van der Waals surface area (Å²) in [5.41, 5.74) is 1.87. The van der Waals surface area contributed by atoms with Crippen LogP contribution in [0.4, 0.5) is 0 Å². The standard InChI is InChI=1S/C17H23N5O2/c1-11(2)17(24)21-9-5-4-6-13(21)14-7-8-19-15-12(16(23)18-3)10-20-22(14)15/h7-8,10-11,13H,4-6,9H2,1-3H3,(H,18,23)/t13-/m1/s1. The molecule has 2 aromatic heterocycles. The first-order valence-corrected chi connectivity index (χ1v) is 8.39. The third-order valence-corrected chi connectivity index (χ3v) is 4.52. The Kier molecular flexibility index (Phi) is 4.51. The summed E-state index contributed by atoms with van der Waals surface area (Å²) < 4.78 is 1.70. The van der Waals surface area contributed by atoms with E-state index < -0.39 is 0 Å². The van der Waals surface area contributed by atoms with E-state index >= 15 is 0 Å². The summed E-state index contributed by atoms with van der Waals surface area (Å²) in [6.07, 6.45) is 6.20. The number of nitrogens with zero attached hydrogens (tertiary/aromatic N) is 4. The van der Waals surface area contributed by atoms with Gasteiger partial charge in [-0.3, -0.25) is 9.59 Å². The predicted molar refractivity (Wildman–Crippen MR) is 89.5 cm³/mol. The van der Waals surface area contributed by atoms with Gasteiger partial charge in [-0.25, -0.2) is 9.50 Å². The van der Waals surface area contributed by atoms with Crippen molar-refractivity contribution in [1.82, 2.24) is 24.8 Å². The number of carbonyl (C=O) groups is 2. The van der Waals surface area contributed by atoms with Crippen molar-refractivity contribution in [2.75, 3.05) is 13.6 Å². The van der Waals surface area contributed by atoms with Crippen LogP contribution in [0, 0.1) is 5.92 Å². The molecule has 0 spiro atoms.